The number of ether oxygens (including phenoxy) is 1. The van der Waals surface area contributed by atoms with Crippen LogP contribution in [0.25, 0.3) is 0 Å². The third-order valence-electron chi connectivity index (χ3n) is 4.19. The lowest BCUT2D eigenvalue weighted by Gasteiger charge is -2.31. The molecule has 20 heavy (non-hydrogen) atoms. The highest BCUT2D eigenvalue weighted by Crippen LogP contribution is 2.20. The molecular weight excluding hydrogens is 254 g/mol. The van der Waals surface area contributed by atoms with Gasteiger partial charge in [0.1, 0.15) is 5.82 Å². The Balaban J connectivity index is 1.49. The molecule has 0 aliphatic carbocycles. The van der Waals surface area contributed by atoms with E-state index in [-0.39, 0.29) is 0 Å². The molecule has 2 aliphatic rings. The van der Waals surface area contributed by atoms with Gasteiger partial charge in [-0.3, -0.25) is 9.58 Å². The van der Waals surface area contributed by atoms with Crippen LogP contribution in [-0.2, 0) is 24.4 Å². The van der Waals surface area contributed by atoms with E-state index >= 15 is 0 Å². The SMILES string of the molecule is c1cnn(Cc2cn3c(n2)CN(C2CCOC2)CC3)c1. The minimum atomic E-state index is 0.579. The molecule has 0 N–H and O–H groups in total. The van der Waals surface area contributed by atoms with E-state index in [1.807, 2.05) is 16.9 Å². The quantitative estimate of drug-likeness (QED) is 0.827. The van der Waals surface area contributed by atoms with Crippen molar-refractivity contribution in [1.29, 1.82) is 0 Å². The highest BCUT2D eigenvalue weighted by Gasteiger charge is 2.27. The minimum Gasteiger partial charge on any atom is -0.380 e. The number of fused-ring (bicyclic) bond motifs is 1. The largest absolute Gasteiger partial charge is 0.380 e. The lowest BCUT2D eigenvalue weighted by Crippen LogP contribution is -2.41. The number of imidazole rings is 1. The molecule has 0 aromatic carbocycles. The fraction of sp³-hybridized carbons (Fsp3) is 0.571. The zero-order valence-electron chi connectivity index (χ0n) is 11.5. The second kappa shape index (κ2) is 5.03. The molecule has 4 rings (SSSR count). The van der Waals surface area contributed by atoms with Crippen LogP contribution in [0, 0.1) is 0 Å². The Bertz CT molecular complexity index is 570. The van der Waals surface area contributed by atoms with Crippen LogP contribution in [0.1, 0.15) is 17.9 Å². The van der Waals surface area contributed by atoms with Gasteiger partial charge >= 0.3 is 0 Å². The zero-order valence-corrected chi connectivity index (χ0v) is 11.5. The van der Waals surface area contributed by atoms with Crippen LogP contribution in [0.5, 0.6) is 0 Å². The van der Waals surface area contributed by atoms with E-state index in [2.05, 4.69) is 20.8 Å². The molecule has 106 valence electrons. The Hall–Kier alpha value is -1.66. The Kier molecular flexibility index (Phi) is 3.05. The fourth-order valence-electron chi connectivity index (χ4n) is 3.09. The van der Waals surface area contributed by atoms with Crippen LogP contribution >= 0.6 is 0 Å². The van der Waals surface area contributed by atoms with E-state index in [0.717, 1.165) is 51.5 Å². The van der Waals surface area contributed by atoms with Crippen molar-refractivity contribution in [2.24, 2.45) is 0 Å². The van der Waals surface area contributed by atoms with Crippen LogP contribution in [0.2, 0.25) is 0 Å². The normalized spacial score (nSPS) is 23.1. The first-order valence-electron chi connectivity index (χ1n) is 7.22. The Morgan fingerprint density at radius 2 is 2.35 bits per heavy atom. The maximum absolute atomic E-state index is 5.49. The van der Waals surface area contributed by atoms with E-state index in [1.54, 1.807) is 6.20 Å². The Labute approximate surface area is 118 Å². The second-order valence-electron chi connectivity index (χ2n) is 5.53. The predicted octanol–water partition coefficient (Wildman–Crippen LogP) is 0.732. The van der Waals surface area contributed by atoms with Crippen molar-refractivity contribution < 1.29 is 4.74 Å². The van der Waals surface area contributed by atoms with Crippen molar-refractivity contribution in [2.75, 3.05) is 19.8 Å². The average Bonchev–Trinajstić information content (AvgIpc) is 3.19. The molecular formula is C14H19N5O. The van der Waals surface area contributed by atoms with Crippen LogP contribution < -0.4 is 0 Å². The Morgan fingerprint density at radius 3 is 3.15 bits per heavy atom. The molecule has 1 fully saturated rings. The van der Waals surface area contributed by atoms with Gasteiger partial charge in [0.25, 0.3) is 0 Å². The molecule has 0 amide bonds. The van der Waals surface area contributed by atoms with Gasteiger partial charge in [-0.25, -0.2) is 4.98 Å². The summed E-state index contributed by atoms with van der Waals surface area (Å²) in [4.78, 5) is 7.27. The molecule has 0 saturated carbocycles. The monoisotopic (exact) mass is 273 g/mol. The average molecular weight is 273 g/mol. The van der Waals surface area contributed by atoms with E-state index in [0.29, 0.717) is 6.04 Å². The molecule has 2 aliphatic heterocycles. The first-order valence-corrected chi connectivity index (χ1v) is 7.22. The highest BCUT2D eigenvalue weighted by atomic mass is 16.5. The van der Waals surface area contributed by atoms with Crippen molar-refractivity contribution in [3.8, 4) is 0 Å². The van der Waals surface area contributed by atoms with Gasteiger partial charge in [-0.2, -0.15) is 5.10 Å². The summed E-state index contributed by atoms with van der Waals surface area (Å²) >= 11 is 0. The molecule has 1 atom stereocenters. The molecule has 0 radical (unpaired) electrons. The highest BCUT2D eigenvalue weighted by molar-refractivity contribution is 5.07. The van der Waals surface area contributed by atoms with E-state index in [1.165, 1.54) is 5.82 Å². The third kappa shape index (κ3) is 2.25. The molecule has 1 unspecified atom stereocenters. The van der Waals surface area contributed by atoms with Gasteiger partial charge < -0.3 is 9.30 Å². The summed E-state index contributed by atoms with van der Waals surface area (Å²) < 4.78 is 9.69. The van der Waals surface area contributed by atoms with Gasteiger partial charge in [0.05, 0.1) is 25.4 Å². The number of rotatable bonds is 3. The van der Waals surface area contributed by atoms with Gasteiger partial charge in [-0.1, -0.05) is 0 Å². The Morgan fingerprint density at radius 1 is 1.35 bits per heavy atom. The maximum atomic E-state index is 5.49. The topological polar surface area (TPSA) is 48.1 Å². The van der Waals surface area contributed by atoms with E-state index in [4.69, 9.17) is 9.72 Å². The van der Waals surface area contributed by atoms with Gasteiger partial charge in [0.15, 0.2) is 0 Å². The van der Waals surface area contributed by atoms with E-state index < -0.39 is 0 Å². The van der Waals surface area contributed by atoms with E-state index in [9.17, 15) is 0 Å². The number of hydrogen-bond acceptors (Lipinski definition) is 4. The molecule has 2 aromatic heterocycles. The van der Waals surface area contributed by atoms with Crippen molar-refractivity contribution in [2.45, 2.75) is 32.1 Å². The van der Waals surface area contributed by atoms with Crippen molar-refractivity contribution in [3.63, 3.8) is 0 Å². The molecule has 6 heteroatoms. The third-order valence-corrected chi connectivity index (χ3v) is 4.19. The summed E-state index contributed by atoms with van der Waals surface area (Å²) in [6.45, 7) is 5.59. The first-order chi connectivity index (χ1) is 9.88. The summed E-state index contributed by atoms with van der Waals surface area (Å²) in [5.74, 6) is 1.17. The first kappa shape index (κ1) is 12.1. The standard InChI is InChI=1S/C14H19N5O/c1-3-15-19(4-1)9-12-8-18-6-5-17(10-14(18)16-12)13-2-7-20-11-13/h1,3-4,8,13H,2,5-7,9-11H2. The molecule has 2 aromatic rings. The summed E-state index contributed by atoms with van der Waals surface area (Å²) in [5, 5.41) is 4.24. The van der Waals surface area contributed by atoms with Gasteiger partial charge in [0.2, 0.25) is 0 Å². The van der Waals surface area contributed by atoms with Crippen LogP contribution in [-0.4, -0.2) is 50.0 Å². The summed E-state index contributed by atoms with van der Waals surface area (Å²) in [6, 6.07) is 2.52. The predicted molar refractivity (Wildman–Crippen MR) is 73.2 cm³/mol. The van der Waals surface area contributed by atoms with Gasteiger partial charge in [-0.15, -0.1) is 0 Å². The lowest BCUT2D eigenvalue weighted by molar-refractivity contribution is 0.121. The van der Waals surface area contributed by atoms with Gasteiger partial charge in [0, 0.05) is 44.3 Å². The summed E-state index contributed by atoms with van der Waals surface area (Å²) in [5.41, 5.74) is 1.09. The molecule has 4 heterocycles. The van der Waals surface area contributed by atoms with Crippen LogP contribution in [0.3, 0.4) is 0 Å². The molecule has 6 nitrogen and oxygen atoms in total. The summed E-state index contributed by atoms with van der Waals surface area (Å²) in [7, 11) is 0. The minimum absolute atomic E-state index is 0.579. The molecule has 1 saturated heterocycles. The van der Waals surface area contributed by atoms with Crippen molar-refractivity contribution in [3.05, 3.63) is 36.2 Å². The number of hydrogen-bond donors (Lipinski definition) is 0. The molecule has 0 spiro atoms. The van der Waals surface area contributed by atoms with Crippen molar-refractivity contribution in [1.82, 2.24) is 24.2 Å². The molecule has 0 bridgehead atoms. The second-order valence-corrected chi connectivity index (χ2v) is 5.53. The fourth-order valence-corrected chi connectivity index (χ4v) is 3.09. The lowest BCUT2D eigenvalue weighted by atomic mass is 10.2. The van der Waals surface area contributed by atoms with Crippen LogP contribution in [0.4, 0.5) is 0 Å². The number of aromatic nitrogens is 4. The van der Waals surface area contributed by atoms with Gasteiger partial charge in [-0.05, 0) is 12.5 Å². The van der Waals surface area contributed by atoms with Crippen molar-refractivity contribution >= 4 is 0 Å². The van der Waals surface area contributed by atoms with Crippen LogP contribution in [0.15, 0.2) is 24.7 Å². The smallest absolute Gasteiger partial charge is 0.123 e. The number of nitrogens with zero attached hydrogens (tertiary/aromatic N) is 5. The maximum Gasteiger partial charge on any atom is 0.123 e. The summed E-state index contributed by atoms with van der Waals surface area (Å²) in [6.07, 6.45) is 7.10. The zero-order chi connectivity index (χ0) is 13.4.